The number of hydrogen-bond acceptors (Lipinski definition) is 2. The molecular formula is C19H32O2. The molecule has 120 valence electrons. The Labute approximate surface area is 130 Å². The van der Waals surface area contributed by atoms with Crippen LogP contribution in [0.1, 0.15) is 71.6 Å². The lowest BCUT2D eigenvalue weighted by molar-refractivity contribution is 0.0484. The Kier molecular flexibility index (Phi) is 5.86. The van der Waals surface area contributed by atoms with E-state index in [9.17, 15) is 0 Å². The van der Waals surface area contributed by atoms with Gasteiger partial charge in [0.25, 0.3) is 0 Å². The molecule has 0 radical (unpaired) electrons. The molecule has 0 saturated carbocycles. The van der Waals surface area contributed by atoms with Crippen molar-refractivity contribution in [1.29, 1.82) is 0 Å². The van der Waals surface area contributed by atoms with Crippen LogP contribution in [0.25, 0.3) is 0 Å². The third-order valence-electron chi connectivity index (χ3n) is 3.62. The quantitative estimate of drug-likeness (QED) is 0.693. The summed E-state index contributed by atoms with van der Waals surface area (Å²) in [5.41, 5.74) is 4.04. The molecule has 0 aliphatic rings. The SMILES string of the molecule is CCCc1cc(C(C)(C)C)c(OCOC)c(C(C)(C)C)c1. The van der Waals surface area contributed by atoms with Crippen LogP contribution in [0.4, 0.5) is 0 Å². The first-order chi connectivity index (χ1) is 9.61. The average Bonchev–Trinajstić information content (AvgIpc) is 2.34. The molecule has 0 unspecified atom stereocenters. The van der Waals surface area contributed by atoms with Crippen LogP contribution in [0.2, 0.25) is 0 Å². The Morgan fingerprint density at radius 3 is 1.71 bits per heavy atom. The number of methoxy groups -OCH3 is 1. The normalized spacial score (nSPS) is 12.6. The van der Waals surface area contributed by atoms with Gasteiger partial charge in [-0.05, 0) is 22.8 Å². The molecule has 1 aromatic rings. The van der Waals surface area contributed by atoms with Gasteiger partial charge in [0.05, 0.1) is 0 Å². The van der Waals surface area contributed by atoms with E-state index in [-0.39, 0.29) is 10.8 Å². The van der Waals surface area contributed by atoms with Crippen LogP contribution in [-0.4, -0.2) is 13.9 Å². The number of rotatable bonds is 5. The van der Waals surface area contributed by atoms with E-state index >= 15 is 0 Å². The van der Waals surface area contributed by atoms with Gasteiger partial charge in [0.2, 0.25) is 0 Å². The summed E-state index contributed by atoms with van der Waals surface area (Å²) in [7, 11) is 1.67. The standard InChI is InChI=1S/C19H32O2/c1-9-10-14-11-15(18(2,3)4)17(21-13-20-8)16(12-14)19(5,6)7/h11-12H,9-10,13H2,1-8H3. The minimum absolute atomic E-state index is 0.0484. The van der Waals surface area contributed by atoms with Crippen LogP contribution < -0.4 is 4.74 Å². The molecule has 0 bridgehead atoms. The molecule has 0 atom stereocenters. The van der Waals surface area contributed by atoms with E-state index in [1.807, 2.05) is 0 Å². The second kappa shape index (κ2) is 6.83. The van der Waals surface area contributed by atoms with Crippen molar-refractivity contribution in [3.8, 4) is 5.75 Å². The van der Waals surface area contributed by atoms with Gasteiger partial charge in [0.15, 0.2) is 6.79 Å². The summed E-state index contributed by atoms with van der Waals surface area (Å²) >= 11 is 0. The van der Waals surface area contributed by atoms with Crippen molar-refractivity contribution in [3.63, 3.8) is 0 Å². The predicted molar refractivity (Wildman–Crippen MR) is 90.3 cm³/mol. The molecule has 0 spiro atoms. The Morgan fingerprint density at radius 2 is 1.38 bits per heavy atom. The van der Waals surface area contributed by atoms with E-state index in [4.69, 9.17) is 9.47 Å². The Morgan fingerprint density at radius 1 is 0.905 bits per heavy atom. The van der Waals surface area contributed by atoms with Gasteiger partial charge in [-0.25, -0.2) is 0 Å². The first-order valence-electron chi connectivity index (χ1n) is 7.91. The van der Waals surface area contributed by atoms with Crippen molar-refractivity contribution >= 4 is 0 Å². The van der Waals surface area contributed by atoms with E-state index in [1.54, 1.807) is 7.11 Å². The summed E-state index contributed by atoms with van der Waals surface area (Å²) < 4.78 is 11.1. The second-order valence-electron chi connectivity index (χ2n) is 7.82. The highest BCUT2D eigenvalue weighted by atomic mass is 16.7. The Balaban J connectivity index is 3.53. The van der Waals surface area contributed by atoms with E-state index in [2.05, 4.69) is 60.6 Å². The van der Waals surface area contributed by atoms with Gasteiger partial charge in [0, 0.05) is 18.2 Å². The fourth-order valence-electron chi connectivity index (χ4n) is 2.51. The molecule has 1 aromatic carbocycles. The molecule has 0 aliphatic heterocycles. The summed E-state index contributed by atoms with van der Waals surface area (Å²) in [6, 6.07) is 4.62. The van der Waals surface area contributed by atoms with Gasteiger partial charge >= 0.3 is 0 Å². The largest absolute Gasteiger partial charge is 0.467 e. The van der Waals surface area contributed by atoms with Crippen LogP contribution in [0.5, 0.6) is 5.75 Å². The lowest BCUT2D eigenvalue weighted by atomic mass is 9.78. The summed E-state index contributed by atoms with van der Waals surface area (Å²) in [6.07, 6.45) is 2.27. The topological polar surface area (TPSA) is 18.5 Å². The van der Waals surface area contributed by atoms with Crippen LogP contribution in [0, 0.1) is 0 Å². The zero-order valence-electron chi connectivity index (χ0n) is 15.1. The zero-order chi connectivity index (χ0) is 16.3. The van der Waals surface area contributed by atoms with Crippen LogP contribution in [-0.2, 0) is 22.0 Å². The van der Waals surface area contributed by atoms with Crippen LogP contribution in [0.3, 0.4) is 0 Å². The fourth-order valence-corrected chi connectivity index (χ4v) is 2.51. The molecule has 0 heterocycles. The van der Waals surface area contributed by atoms with Crippen molar-refractivity contribution in [2.75, 3.05) is 13.9 Å². The fraction of sp³-hybridized carbons (Fsp3) is 0.684. The van der Waals surface area contributed by atoms with Crippen molar-refractivity contribution in [1.82, 2.24) is 0 Å². The highest BCUT2D eigenvalue weighted by Crippen LogP contribution is 2.40. The minimum Gasteiger partial charge on any atom is -0.467 e. The average molecular weight is 292 g/mol. The number of hydrogen-bond donors (Lipinski definition) is 0. The van der Waals surface area contributed by atoms with E-state index in [1.165, 1.54) is 16.7 Å². The summed E-state index contributed by atoms with van der Waals surface area (Å²) in [5, 5.41) is 0. The van der Waals surface area contributed by atoms with Gasteiger partial charge < -0.3 is 9.47 Å². The third-order valence-corrected chi connectivity index (χ3v) is 3.62. The molecule has 0 fully saturated rings. The monoisotopic (exact) mass is 292 g/mol. The lowest BCUT2D eigenvalue weighted by Gasteiger charge is -2.30. The molecule has 2 heteroatoms. The van der Waals surface area contributed by atoms with Crippen LogP contribution in [0.15, 0.2) is 12.1 Å². The van der Waals surface area contributed by atoms with Gasteiger partial charge in [-0.3, -0.25) is 0 Å². The molecule has 0 aliphatic carbocycles. The third kappa shape index (κ3) is 4.74. The number of ether oxygens (including phenoxy) is 2. The summed E-state index contributed by atoms with van der Waals surface area (Å²) in [5.74, 6) is 0.997. The predicted octanol–water partition coefficient (Wildman–Crippen LogP) is 5.22. The first kappa shape index (κ1) is 18.0. The van der Waals surface area contributed by atoms with E-state index < -0.39 is 0 Å². The van der Waals surface area contributed by atoms with Crippen molar-refractivity contribution in [2.24, 2.45) is 0 Å². The van der Waals surface area contributed by atoms with E-state index in [0.717, 1.165) is 18.6 Å². The number of aryl methyl sites for hydroxylation is 1. The Hall–Kier alpha value is -1.02. The summed E-state index contributed by atoms with van der Waals surface area (Å²) in [6.45, 7) is 16.0. The molecule has 0 amide bonds. The van der Waals surface area contributed by atoms with Crippen molar-refractivity contribution in [2.45, 2.75) is 72.1 Å². The van der Waals surface area contributed by atoms with Crippen molar-refractivity contribution < 1.29 is 9.47 Å². The van der Waals surface area contributed by atoms with Gasteiger partial charge in [-0.15, -0.1) is 0 Å². The maximum atomic E-state index is 5.98. The van der Waals surface area contributed by atoms with E-state index in [0.29, 0.717) is 6.79 Å². The van der Waals surface area contributed by atoms with Crippen molar-refractivity contribution in [3.05, 3.63) is 28.8 Å². The molecule has 1 rings (SSSR count). The Bertz CT molecular complexity index is 426. The van der Waals surface area contributed by atoms with Gasteiger partial charge in [0.1, 0.15) is 5.75 Å². The number of benzene rings is 1. The highest BCUT2D eigenvalue weighted by Gasteiger charge is 2.27. The molecule has 0 N–H and O–H groups in total. The summed E-state index contributed by atoms with van der Waals surface area (Å²) in [4.78, 5) is 0. The first-order valence-corrected chi connectivity index (χ1v) is 7.91. The minimum atomic E-state index is 0.0484. The molecule has 0 saturated heterocycles. The second-order valence-corrected chi connectivity index (χ2v) is 7.82. The maximum Gasteiger partial charge on any atom is 0.188 e. The molecular weight excluding hydrogens is 260 g/mol. The maximum absolute atomic E-state index is 5.98. The molecule has 0 aromatic heterocycles. The van der Waals surface area contributed by atoms with Gasteiger partial charge in [-0.2, -0.15) is 0 Å². The molecule has 21 heavy (non-hydrogen) atoms. The highest BCUT2D eigenvalue weighted by molar-refractivity contribution is 5.50. The van der Waals surface area contributed by atoms with Crippen LogP contribution >= 0.6 is 0 Å². The lowest BCUT2D eigenvalue weighted by Crippen LogP contribution is -2.21. The molecule has 2 nitrogen and oxygen atoms in total. The van der Waals surface area contributed by atoms with Gasteiger partial charge in [-0.1, -0.05) is 67.0 Å². The smallest absolute Gasteiger partial charge is 0.188 e. The zero-order valence-corrected chi connectivity index (χ0v) is 15.1.